The first-order chi connectivity index (χ1) is 16.4. The Bertz CT molecular complexity index is 1400. The van der Waals surface area contributed by atoms with E-state index in [0.717, 1.165) is 16.7 Å². The van der Waals surface area contributed by atoms with Gasteiger partial charge in [-0.05, 0) is 84.3 Å². The molecule has 0 fully saturated rings. The van der Waals surface area contributed by atoms with Crippen LogP contribution in [-0.2, 0) is 0 Å². The van der Waals surface area contributed by atoms with E-state index in [-0.39, 0.29) is 52.3 Å². The maximum absolute atomic E-state index is 11.0. The van der Waals surface area contributed by atoms with Gasteiger partial charge in [-0.1, -0.05) is 24.3 Å². The van der Waals surface area contributed by atoms with E-state index in [1.807, 2.05) is 36.4 Å². The molecule has 168 valence electrons. The molecule has 4 aromatic rings. The SMILES string of the molecule is Cc1cc(N=Nc2ccc(-c3ccc(N=Nc4ccc(O)c(C(=O)[O-])c4)cc3)cc2)ccc1O.[Na+]. The van der Waals surface area contributed by atoms with Crippen molar-refractivity contribution in [1.29, 1.82) is 0 Å². The third kappa shape index (κ3) is 6.60. The molecule has 0 aliphatic carbocycles. The summed E-state index contributed by atoms with van der Waals surface area (Å²) in [6, 6.07) is 23.9. The van der Waals surface area contributed by atoms with Crippen LogP contribution in [0.15, 0.2) is 105 Å². The van der Waals surface area contributed by atoms with Crippen molar-refractivity contribution in [1.82, 2.24) is 0 Å². The van der Waals surface area contributed by atoms with E-state index in [1.165, 1.54) is 18.2 Å². The molecule has 4 aromatic carbocycles. The number of hydrogen-bond acceptors (Lipinski definition) is 8. The molecule has 0 atom stereocenters. The molecule has 0 aliphatic rings. The van der Waals surface area contributed by atoms with Crippen LogP contribution in [0, 0.1) is 6.92 Å². The van der Waals surface area contributed by atoms with Crippen molar-refractivity contribution in [3.63, 3.8) is 0 Å². The topological polar surface area (TPSA) is 130 Å². The second kappa shape index (κ2) is 11.5. The van der Waals surface area contributed by atoms with E-state index in [1.54, 1.807) is 37.3 Å². The summed E-state index contributed by atoms with van der Waals surface area (Å²) in [6.07, 6.45) is 0. The smallest absolute Gasteiger partial charge is 0.545 e. The van der Waals surface area contributed by atoms with E-state index >= 15 is 0 Å². The van der Waals surface area contributed by atoms with Gasteiger partial charge in [0.2, 0.25) is 0 Å². The molecule has 0 spiro atoms. The third-order valence-corrected chi connectivity index (χ3v) is 5.01. The number of carbonyl (C=O) groups excluding carboxylic acids is 1. The fourth-order valence-corrected chi connectivity index (χ4v) is 3.12. The minimum absolute atomic E-state index is 0. The van der Waals surface area contributed by atoms with Crippen molar-refractivity contribution in [2.24, 2.45) is 20.5 Å². The molecule has 2 N–H and O–H groups in total. The van der Waals surface area contributed by atoms with Gasteiger partial charge in [-0.15, -0.1) is 0 Å². The van der Waals surface area contributed by atoms with E-state index in [0.29, 0.717) is 17.1 Å². The molecular weight excluding hydrogens is 455 g/mol. The van der Waals surface area contributed by atoms with Crippen LogP contribution in [0.2, 0.25) is 0 Å². The standard InChI is InChI=1S/C26H20N4O4.Na/c1-16-14-21(10-12-24(16)31)29-27-19-6-2-17(3-7-19)18-4-8-20(9-5-18)28-30-22-11-13-25(32)23(15-22)26(33)34;/h2-15,31-32H,1H3,(H,33,34);/q;+1/p-1. The van der Waals surface area contributed by atoms with Gasteiger partial charge in [0.1, 0.15) is 11.5 Å². The average Bonchev–Trinajstić information content (AvgIpc) is 2.85. The van der Waals surface area contributed by atoms with Gasteiger partial charge in [0.05, 0.1) is 28.7 Å². The average molecular weight is 474 g/mol. The molecule has 0 bridgehead atoms. The van der Waals surface area contributed by atoms with Crippen LogP contribution >= 0.6 is 0 Å². The quantitative estimate of drug-likeness (QED) is 0.328. The van der Waals surface area contributed by atoms with Gasteiger partial charge in [-0.2, -0.15) is 20.5 Å². The largest absolute Gasteiger partial charge is 1.00 e. The maximum Gasteiger partial charge on any atom is 1.00 e. The van der Waals surface area contributed by atoms with E-state index in [4.69, 9.17) is 0 Å². The molecule has 0 aromatic heterocycles. The monoisotopic (exact) mass is 474 g/mol. The first-order valence-electron chi connectivity index (χ1n) is 10.3. The summed E-state index contributed by atoms with van der Waals surface area (Å²) in [5.41, 5.74) is 4.58. The van der Waals surface area contributed by atoms with Crippen LogP contribution in [0.3, 0.4) is 0 Å². The Morgan fingerprint density at radius 1 is 0.629 bits per heavy atom. The van der Waals surface area contributed by atoms with Gasteiger partial charge in [-0.25, -0.2) is 0 Å². The van der Waals surface area contributed by atoms with Crippen molar-refractivity contribution in [3.05, 3.63) is 96.1 Å². The minimum atomic E-state index is -1.48. The number of carboxylic acids is 1. The number of aromatic hydroxyl groups is 2. The van der Waals surface area contributed by atoms with Crippen LogP contribution in [-0.4, -0.2) is 16.2 Å². The summed E-state index contributed by atoms with van der Waals surface area (Å²) < 4.78 is 0. The fourth-order valence-electron chi connectivity index (χ4n) is 3.12. The zero-order valence-corrected chi connectivity index (χ0v) is 21.1. The molecule has 0 amide bonds. The number of aromatic carboxylic acids is 1. The van der Waals surface area contributed by atoms with Crippen molar-refractivity contribution >= 4 is 28.7 Å². The number of carboxylic acid groups (broad SMARTS) is 1. The van der Waals surface area contributed by atoms with Gasteiger partial charge in [0, 0.05) is 5.56 Å². The summed E-state index contributed by atoms with van der Waals surface area (Å²) in [6.45, 7) is 1.80. The Balaban J connectivity index is 0.00000342. The van der Waals surface area contributed by atoms with Gasteiger partial charge in [-0.3, -0.25) is 0 Å². The Labute approximate surface area is 223 Å². The molecule has 35 heavy (non-hydrogen) atoms. The summed E-state index contributed by atoms with van der Waals surface area (Å²) >= 11 is 0. The molecule has 9 heteroatoms. The zero-order chi connectivity index (χ0) is 24.1. The molecule has 8 nitrogen and oxygen atoms in total. The second-order valence-electron chi connectivity index (χ2n) is 7.45. The third-order valence-electron chi connectivity index (χ3n) is 5.01. The molecular formula is C26H19N4NaO4. The van der Waals surface area contributed by atoms with Crippen molar-refractivity contribution in [3.8, 4) is 22.6 Å². The number of carbonyl (C=O) groups is 1. The number of benzene rings is 4. The second-order valence-corrected chi connectivity index (χ2v) is 7.45. The maximum atomic E-state index is 11.0. The van der Waals surface area contributed by atoms with Crippen LogP contribution in [0.25, 0.3) is 11.1 Å². The predicted molar refractivity (Wildman–Crippen MR) is 126 cm³/mol. The normalized spacial score (nSPS) is 11.0. The number of azo groups is 2. The van der Waals surface area contributed by atoms with Crippen LogP contribution in [0.1, 0.15) is 15.9 Å². The van der Waals surface area contributed by atoms with Crippen molar-refractivity contribution in [2.45, 2.75) is 6.92 Å². The summed E-state index contributed by atoms with van der Waals surface area (Å²) in [7, 11) is 0. The number of aryl methyl sites for hydroxylation is 1. The number of hydrogen-bond donors (Lipinski definition) is 2. The number of rotatable bonds is 6. The van der Waals surface area contributed by atoms with E-state index in [2.05, 4.69) is 20.5 Å². The van der Waals surface area contributed by atoms with Crippen LogP contribution in [0.5, 0.6) is 11.5 Å². The Hall–Kier alpha value is -3.85. The zero-order valence-electron chi connectivity index (χ0n) is 19.1. The molecule has 4 rings (SSSR count). The predicted octanol–water partition coefficient (Wildman–Crippen LogP) is 3.27. The fraction of sp³-hybridized carbons (Fsp3) is 0.0385. The first-order valence-corrected chi connectivity index (χ1v) is 10.3. The molecule has 0 heterocycles. The molecule has 0 radical (unpaired) electrons. The van der Waals surface area contributed by atoms with Gasteiger partial charge >= 0.3 is 29.6 Å². The molecule has 0 unspecified atom stereocenters. The Morgan fingerprint density at radius 3 is 1.49 bits per heavy atom. The summed E-state index contributed by atoms with van der Waals surface area (Å²) in [5.74, 6) is -1.64. The van der Waals surface area contributed by atoms with E-state index in [9.17, 15) is 20.1 Å². The van der Waals surface area contributed by atoms with Gasteiger partial charge in [0.25, 0.3) is 0 Å². The molecule has 0 aliphatic heterocycles. The van der Waals surface area contributed by atoms with Crippen LogP contribution < -0.4 is 34.7 Å². The molecule has 0 saturated carbocycles. The molecule has 0 saturated heterocycles. The number of phenolic OH excluding ortho intramolecular Hbond substituents is 1. The summed E-state index contributed by atoms with van der Waals surface area (Å²) in [4.78, 5) is 11.0. The van der Waals surface area contributed by atoms with Crippen molar-refractivity contribution < 1.29 is 49.7 Å². The van der Waals surface area contributed by atoms with Crippen LogP contribution in [0.4, 0.5) is 22.7 Å². The Kier molecular flexibility index (Phi) is 8.48. The number of phenols is 2. The van der Waals surface area contributed by atoms with Crippen molar-refractivity contribution in [2.75, 3.05) is 0 Å². The van der Waals surface area contributed by atoms with E-state index < -0.39 is 5.97 Å². The van der Waals surface area contributed by atoms with Gasteiger partial charge < -0.3 is 20.1 Å². The Morgan fingerprint density at radius 2 is 1.03 bits per heavy atom. The minimum Gasteiger partial charge on any atom is -0.545 e. The van der Waals surface area contributed by atoms with Gasteiger partial charge in [0.15, 0.2) is 0 Å². The number of nitrogens with zero attached hydrogens (tertiary/aromatic N) is 4. The summed E-state index contributed by atoms with van der Waals surface area (Å²) in [5, 5.41) is 46.7. The first kappa shape index (κ1) is 25.8.